The second-order valence-electron chi connectivity index (χ2n) is 20.7. The van der Waals surface area contributed by atoms with Crippen LogP contribution in [0, 0.1) is 37.1 Å². The number of aryl methyl sites for hydroxylation is 2. The van der Waals surface area contributed by atoms with E-state index in [9.17, 15) is 34.4 Å². The Hall–Kier alpha value is -3.99. The minimum atomic E-state index is -4.14. The standard InChI is InChI=1S/C21H22BF2NO4S.C15H10BrF2NO2S.C12H24B2O4/c1-13-6-8-15(9-7-13)30(26,27)25-12-17(16-10-14(23)11-18(24)19(16)25)22-28-20(2,3)21(4,5)29-22;1-9-2-4-11(5-3-9)22(20,21)19-8-13(16)12-6-10(17)7-14(18)15(12)19;1-9(2)10(3,4)16-13(15-9)14-17-11(5,6)12(7,8)18-14/h6-12H,1-5H3;2-8H,1H3;1-8H3. The summed E-state index contributed by atoms with van der Waals surface area (Å²) in [6.07, 6.45) is 2.48. The number of hydrogen-bond acceptors (Lipinski definition) is 10. The maximum atomic E-state index is 14.8. The first-order chi connectivity index (χ1) is 32.0. The Morgan fingerprint density at radius 2 is 0.786 bits per heavy atom. The largest absolute Gasteiger partial charge is 0.497 e. The molecule has 0 unspecified atom stereocenters. The fourth-order valence-corrected chi connectivity index (χ4v) is 11.1. The van der Waals surface area contributed by atoms with Crippen molar-refractivity contribution in [3.05, 3.63) is 124 Å². The van der Waals surface area contributed by atoms with Gasteiger partial charge in [0.25, 0.3) is 20.0 Å². The Morgan fingerprint density at radius 1 is 0.471 bits per heavy atom. The lowest BCUT2D eigenvalue weighted by Gasteiger charge is -2.32. The van der Waals surface area contributed by atoms with Crippen molar-refractivity contribution >= 4 is 84.4 Å². The fraction of sp³-hybridized carbons (Fsp3) is 0.417. The minimum absolute atomic E-state index is 0.00538. The lowest BCUT2D eigenvalue weighted by Crippen LogP contribution is -2.41. The zero-order chi connectivity index (χ0) is 52.1. The van der Waals surface area contributed by atoms with Crippen LogP contribution in [0.4, 0.5) is 17.6 Å². The van der Waals surface area contributed by atoms with E-state index in [1.165, 1.54) is 36.7 Å². The highest BCUT2D eigenvalue weighted by Gasteiger charge is 2.64. The number of fused-ring (bicyclic) bond motifs is 2. The van der Waals surface area contributed by atoms with Crippen LogP contribution in [-0.4, -0.2) is 79.5 Å². The van der Waals surface area contributed by atoms with Gasteiger partial charge in [0.05, 0.1) is 48.9 Å². The van der Waals surface area contributed by atoms with Crippen LogP contribution in [0.25, 0.3) is 21.8 Å². The number of nitrogens with zero attached hydrogens (tertiary/aromatic N) is 2. The zero-order valence-corrected chi connectivity index (χ0v) is 44.7. The van der Waals surface area contributed by atoms with E-state index < -0.39 is 75.7 Å². The molecule has 0 N–H and O–H groups in total. The second kappa shape index (κ2) is 18.2. The van der Waals surface area contributed by atoms with Gasteiger partial charge < -0.3 is 27.9 Å². The summed E-state index contributed by atoms with van der Waals surface area (Å²) < 4.78 is 146. The molecule has 70 heavy (non-hydrogen) atoms. The van der Waals surface area contributed by atoms with Gasteiger partial charge in [-0.1, -0.05) is 35.4 Å². The summed E-state index contributed by atoms with van der Waals surface area (Å²) in [7, 11) is -10.0. The maximum Gasteiger partial charge on any atom is 0.497 e. The number of aromatic nitrogens is 2. The molecule has 5 heterocycles. The number of benzene rings is 4. The summed E-state index contributed by atoms with van der Waals surface area (Å²) in [4.78, 5) is 0.0282. The first-order valence-electron chi connectivity index (χ1n) is 22.4. The molecule has 0 aliphatic carbocycles. The van der Waals surface area contributed by atoms with E-state index in [1.54, 1.807) is 24.3 Å². The van der Waals surface area contributed by atoms with Crippen molar-refractivity contribution < 1.29 is 62.3 Å². The first kappa shape index (κ1) is 53.8. The third kappa shape index (κ3) is 9.80. The van der Waals surface area contributed by atoms with Gasteiger partial charge in [-0.2, -0.15) is 0 Å². The van der Waals surface area contributed by atoms with E-state index in [0.717, 1.165) is 31.2 Å². The van der Waals surface area contributed by atoms with E-state index in [-0.39, 0.29) is 59.5 Å². The average molecular weight is 1070 g/mol. The summed E-state index contributed by atoms with van der Waals surface area (Å²) in [6.45, 7) is 27.3. The van der Waals surface area contributed by atoms with E-state index in [2.05, 4.69) is 15.9 Å². The zero-order valence-electron chi connectivity index (χ0n) is 41.5. The Morgan fingerprint density at radius 3 is 1.16 bits per heavy atom. The van der Waals surface area contributed by atoms with E-state index >= 15 is 0 Å². The highest BCUT2D eigenvalue weighted by atomic mass is 79.9. The Kier molecular flexibility index (Phi) is 14.0. The van der Waals surface area contributed by atoms with Crippen LogP contribution < -0.4 is 5.46 Å². The summed E-state index contributed by atoms with van der Waals surface area (Å²) in [5.74, 6) is -3.50. The molecule has 3 aliphatic heterocycles. The number of rotatable bonds is 6. The molecule has 0 saturated carbocycles. The van der Waals surface area contributed by atoms with Crippen LogP contribution >= 0.6 is 15.9 Å². The topological polar surface area (TPSA) is 134 Å². The van der Waals surface area contributed by atoms with Crippen LogP contribution in [0.1, 0.15) is 94.2 Å². The molecular weight excluding hydrogens is 1020 g/mol. The Balaban J connectivity index is 0.000000161. The van der Waals surface area contributed by atoms with Crippen molar-refractivity contribution in [1.29, 1.82) is 0 Å². The predicted molar refractivity (Wildman–Crippen MR) is 267 cm³/mol. The summed E-state index contributed by atoms with van der Waals surface area (Å²) >= 11 is 3.14. The molecule has 12 nitrogen and oxygen atoms in total. The molecular formula is C48H56B3BrF4N2O10S2. The highest BCUT2D eigenvalue weighted by molar-refractivity contribution is 9.10. The highest BCUT2D eigenvalue weighted by Crippen LogP contribution is 2.43. The average Bonchev–Trinajstić information content (AvgIpc) is 3.96. The molecule has 3 saturated heterocycles. The van der Waals surface area contributed by atoms with Crippen LogP contribution in [-0.2, 0) is 48.0 Å². The van der Waals surface area contributed by atoms with Crippen LogP contribution in [0.15, 0.2) is 99.5 Å². The molecule has 4 aromatic carbocycles. The van der Waals surface area contributed by atoms with Crippen molar-refractivity contribution in [2.75, 3.05) is 0 Å². The van der Waals surface area contributed by atoms with Crippen LogP contribution in [0.5, 0.6) is 0 Å². The van der Waals surface area contributed by atoms with Gasteiger partial charge in [-0.05, 0) is 149 Å². The van der Waals surface area contributed by atoms with Gasteiger partial charge in [-0.25, -0.2) is 42.3 Å². The van der Waals surface area contributed by atoms with Crippen molar-refractivity contribution in [3.8, 4) is 0 Å². The van der Waals surface area contributed by atoms with Gasteiger partial charge in [0.2, 0.25) is 0 Å². The van der Waals surface area contributed by atoms with Crippen LogP contribution in [0.2, 0.25) is 0 Å². The molecule has 0 bridgehead atoms. The van der Waals surface area contributed by atoms with Crippen LogP contribution in [0.3, 0.4) is 0 Å². The molecule has 9 rings (SSSR count). The molecule has 0 amide bonds. The lowest BCUT2D eigenvalue weighted by atomic mass is 9.49. The molecule has 3 fully saturated rings. The summed E-state index contributed by atoms with van der Waals surface area (Å²) in [5.41, 5.74) is -1.23. The van der Waals surface area contributed by atoms with Crippen molar-refractivity contribution in [2.45, 2.75) is 140 Å². The fourth-order valence-electron chi connectivity index (χ4n) is 7.66. The lowest BCUT2D eigenvalue weighted by molar-refractivity contribution is 0.00578. The summed E-state index contributed by atoms with van der Waals surface area (Å²) in [5, 5.41) is 0.245. The van der Waals surface area contributed by atoms with Gasteiger partial charge in [-0.3, -0.25) is 0 Å². The third-order valence-electron chi connectivity index (χ3n) is 14.0. The SMILES string of the molecule is CC1(C)OB(B2OC(C)(C)C(C)(C)O2)OC1(C)C.Cc1ccc(S(=O)(=O)n2cc(B3OC(C)(C)C(C)(C)O3)c3cc(F)cc(F)c32)cc1.Cc1ccc(S(=O)(=O)n2cc(Br)c3cc(F)cc(F)c32)cc1. The maximum absolute atomic E-state index is 14.8. The molecule has 3 aliphatic rings. The Bertz CT molecular complexity index is 3140. The second-order valence-corrected chi connectivity index (χ2v) is 25.2. The van der Waals surface area contributed by atoms with E-state index in [4.69, 9.17) is 27.9 Å². The van der Waals surface area contributed by atoms with Crippen molar-refractivity contribution in [3.63, 3.8) is 0 Å². The monoisotopic (exact) mass is 1070 g/mol. The molecule has 374 valence electrons. The molecule has 6 aromatic rings. The summed E-state index contributed by atoms with van der Waals surface area (Å²) in [6, 6.07) is 15.9. The third-order valence-corrected chi connectivity index (χ3v) is 18.0. The normalized spacial score (nSPS) is 19.8. The van der Waals surface area contributed by atoms with Gasteiger partial charge in [0.15, 0.2) is 11.6 Å². The Labute approximate surface area is 416 Å². The van der Waals surface area contributed by atoms with Gasteiger partial charge in [0, 0.05) is 45.2 Å². The minimum Gasteiger partial charge on any atom is -0.405 e. The molecule has 22 heteroatoms. The van der Waals surface area contributed by atoms with Gasteiger partial charge in [-0.15, -0.1) is 0 Å². The van der Waals surface area contributed by atoms with Crippen molar-refractivity contribution in [1.82, 2.24) is 7.94 Å². The van der Waals surface area contributed by atoms with Crippen molar-refractivity contribution in [2.24, 2.45) is 0 Å². The smallest absolute Gasteiger partial charge is 0.405 e. The predicted octanol–water partition coefficient (Wildman–Crippen LogP) is 10.2. The number of hydrogen-bond donors (Lipinski definition) is 0. The van der Waals surface area contributed by atoms with Gasteiger partial charge in [0.1, 0.15) is 17.2 Å². The first-order valence-corrected chi connectivity index (χ1v) is 26.1. The van der Waals surface area contributed by atoms with Gasteiger partial charge >= 0.3 is 21.1 Å². The van der Waals surface area contributed by atoms with E-state index in [0.29, 0.717) is 16.6 Å². The number of halogens is 5. The molecule has 2 aromatic heterocycles. The quantitative estimate of drug-likeness (QED) is 0.117. The van der Waals surface area contributed by atoms with E-state index in [1.807, 2.05) is 96.9 Å². The molecule has 0 spiro atoms. The molecule has 0 radical (unpaired) electrons. The molecule has 0 atom stereocenters.